The van der Waals surface area contributed by atoms with E-state index in [-0.39, 0.29) is 0 Å². The predicted octanol–water partition coefficient (Wildman–Crippen LogP) is 8.54. The van der Waals surface area contributed by atoms with Crippen LogP contribution in [0.1, 0.15) is 62.8 Å². The molecule has 4 aromatic rings. The topological polar surface area (TPSA) is 51.5 Å². The van der Waals surface area contributed by atoms with Crippen LogP contribution in [0.15, 0.2) is 114 Å². The zero-order chi connectivity index (χ0) is 29.6. The summed E-state index contributed by atoms with van der Waals surface area (Å²) in [5, 5.41) is 9.93. The molecular weight excluding hydrogens is 529 g/mol. The fourth-order valence-corrected chi connectivity index (χ4v) is 7.34. The molecule has 0 radical (unpaired) electrons. The normalized spacial score (nSPS) is 20.0. The lowest BCUT2D eigenvalue weighted by molar-refractivity contribution is 0.00578. The Morgan fingerprint density at radius 1 is 0.698 bits per heavy atom. The first-order chi connectivity index (χ1) is 20.7. The SMILES string of the molecule is CC1(C)OB(C2=CC3=C(CC2)Oc2ccc(-c4ccccc4C#N)cc2C32c3ccccc3-c3ccccc32)OC1(C)C. The third kappa shape index (κ3) is 3.57. The molecule has 2 heterocycles. The highest BCUT2D eigenvalue weighted by Crippen LogP contribution is 2.62. The van der Waals surface area contributed by atoms with Crippen LogP contribution in [-0.2, 0) is 14.7 Å². The van der Waals surface area contributed by atoms with E-state index in [4.69, 9.17) is 14.0 Å². The lowest BCUT2D eigenvalue weighted by atomic mass is 9.61. The largest absolute Gasteiger partial charge is 0.490 e. The number of nitriles is 1. The molecule has 0 amide bonds. The molecule has 4 aliphatic rings. The molecule has 0 aromatic heterocycles. The van der Waals surface area contributed by atoms with Crippen LogP contribution >= 0.6 is 0 Å². The van der Waals surface area contributed by atoms with Crippen LogP contribution in [0.3, 0.4) is 0 Å². The molecule has 5 heteroatoms. The molecule has 0 unspecified atom stereocenters. The van der Waals surface area contributed by atoms with Gasteiger partial charge in [-0.3, -0.25) is 0 Å². The van der Waals surface area contributed by atoms with Gasteiger partial charge < -0.3 is 14.0 Å². The van der Waals surface area contributed by atoms with Gasteiger partial charge in [0.05, 0.1) is 28.2 Å². The molecule has 4 nitrogen and oxygen atoms in total. The van der Waals surface area contributed by atoms with Gasteiger partial charge in [-0.2, -0.15) is 5.26 Å². The van der Waals surface area contributed by atoms with Crippen LogP contribution in [0.25, 0.3) is 22.3 Å². The van der Waals surface area contributed by atoms with E-state index in [0.29, 0.717) is 5.56 Å². The molecule has 2 aliphatic carbocycles. The molecular formula is C38H32BNO3. The smallest absolute Gasteiger partial charge is 0.461 e. The molecule has 1 saturated heterocycles. The Balaban J connectivity index is 1.41. The highest BCUT2D eigenvalue weighted by atomic mass is 16.7. The summed E-state index contributed by atoms with van der Waals surface area (Å²) in [4.78, 5) is 0. The van der Waals surface area contributed by atoms with Crippen LogP contribution in [0.5, 0.6) is 5.75 Å². The number of hydrogen-bond donors (Lipinski definition) is 0. The van der Waals surface area contributed by atoms with Gasteiger partial charge in [-0.05, 0) is 91.2 Å². The Bertz CT molecular complexity index is 1880. The zero-order valence-corrected chi connectivity index (χ0v) is 24.9. The number of rotatable bonds is 2. The number of allylic oxidation sites excluding steroid dienone is 4. The van der Waals surface area contributed by atoms with Crippen LogP contribution < -0.4 is 4.74 Å². The first kappa shape index (κ1) is 26.3. The van der Waals surface area contributed by atoms with Crippen molar-refractivity contribution >= 4 is 7.12 Å². The quantitative estimate of drug-likeness (QED) is 0.230. The molecule has 1 fully saturated rings. The molecule has 1 spiro atoms. The van der Waals surface area contributed by atoms with Gasteiger partial charge in [-0.1, -0.05) is 78.9 Å². The number of nitrogens with zero attached hydrogens (tertiary/aromatic N) is 1. The van der Waals surface area contributed by atoms with Crippen molar-refractivity contribution in [2.75, 3.05) is 0 Å². The van der Waals surface area contributed by atoms with Crippen molar-refractivity contribution in [2.45, 2.75) is 57.2 Å². The minimum atomic E-state index is -0.594. The monoisotopic (exact) mass is 561 g/mol. The van der Waals surface area contributed by atoms with Crippen LogP contribution in [0.2, 0.25) is 0 Å². The molecule has 0 saturated carbocycles. The minimum Gasteiger partial charge on any atom is -0.461 e. The van der Waals surface area contributed by atoms with Crippen LogP contribution in [0.4, 0.5) is 0 Å². The lowest BCUT2D eigenvalue weighted by Gasteiger charge is -2.42. The zero-order valence-electron chi connectivity index (χ0n) is 24.9. The summed E-state index contributed by atoms with van der Waals surface area (Å²) in [5.41, 5.74) is 9.44. The van der Waals surface area contributed by atoms with Gasteiger partial charge in [0.1, 0.15) is 11.5 Å². The summed E-state index contributed by atoms with van der Waals surface area (Å²) in [6.45, 7) is 8.42. The average Bonchev–Trinajstić information content (AvgIpc) is 3.44. The Morgan fingerprint density at radius 3 is 1.95 bits per heavy atom. The maximum Gasteiger partial charge on any atom is 0.490 e. The third-order valence-corrected chi connectivity index (χ3v) is 10.2. The molecule has 8 rings (SSSR count). The summed E-state index contributed by atoms with van der Waals surface area (Å²) in [6, 6.07) is 34.1. The second-order valence-corrected chi connectivity index (χ2v) is 13.0. The van der Waals surface area contributed by atoms with Gasteiger partial charge in [0, 0.05) is 17.6 Å². The Morgan fingerprint density at radius 2 is 1.30 bits per heavy atom. The van der Waals surface area contributed by atoms with E-state index in [1.807, 2.05) is 24.3 Å². The molecule has 210 valence electrons. The summed E-state index contributed by atoms with van der Waals surface area (Å²) >= 11 is 0. The van der Waals surface area contributed by atoms with Crippen molar-refractivity contribution in [1.29, 1.82) is 5.26 Å². The van der Waals surface area contributed by atoms with Crippen molar-refractivity contribution in [1.82, 2.24) is 0 Å². The van der Waals surface area contributed by atoms with Gasteiger partial charge in [0.2, 0.25) is 0 Å². The molecule has 2 aliphatic heterocycles. The van der Waals surface area contributed by atoms with Crippen molar-refractivity contribution in [3.63, 3.8) is 0 Å². The predicted molar refractivity (Wildman–Crippen MR) is 169 cm³/mol. The van der Waals surface area contributed by atoms with E-state index in [2.05, 4.69) is 107 Å². The fourth-order valence-electron chi connectivity index (χ4n) is 7.34. The maximum atomic E-state index is 9.93. The minimum absolute atomic E-state index is 0.418. The van der Waals surface area contributed by atoms with Crippen molar-refractivity contribution in [2.24, 2.45) is 0 Å². The first-order valence-corrected chi connectivity index (χ1v) is 15.1. The second-order valence-electron chi connectivity index (χ2n) is 13.0. The number of fused-ring (bicyclic) bond motifs is 8. The fraction of sp³-hybridized carbons (Fsp3) is 0.237. The van der Waals surface area contributed by atoms with E-state index in [0.717, 1.165) is 52.1 Å². The number of benzene rings is 4. The van der Waals surface area contributed by atoms with Crippen LogP contribution in [-0.4, -0.2) is 18.3 Å². The molecule has 0 bridgehead atoms. The number of hydrogen-bond acceptors (Lipinski definition) is 4. The summed E-state index contributed by atoms with van der Waals surface area (Å²) < 4.78 is 19.9. The van der Waals surface area contributed by atoms with Crippen molar-refractivity contribution in [3.8, 4) is 34.1 Å². The molecule has 4 aromatic carbocycles. The second kappa shape index (κ2) is 9.07. The molecule has 0 atom stereocenters. The van der Waals surface area contributed by atoms with Crippen molar-refractivity contribution < 1.29 is 14.0 Å². The average molecular weight is 561 g/mol. The molecule has 43 heavy (non-hydrogen) atoms. The Kier molecular flexibility index (Phi) is 5.54. The van der Waals surface area contributed by atoms with E-state index < -0.39 is 23.7 Å². The summed E-state index contributed by atoms with van der Waals surface area (Å²) in [7, 11) is -0.418. The van der Waals surface area contributed by atoms with Gasteiger partial charge in [0.15, 0.2) is 0 Å². The third-order valence-electron chi connectivity index (χ3n) is 10.2. The maximum absolute atomic E-state index is 9.93. The van der Waals surface area contributed by atoms with Gasteiger partial charge >= 0.3 is 7.12 Å². The van der Waals surface area contributed by atoms with Gasteiger partial charge in [0.25, 0.3) is 0 Å². The van der Waals surface area contributed by atoms with E-state index in [9.17, 15) is 5.26 Å². The standard InChI is InChI=1S/C38H32BNO3/c1-36(2)37(3,4)43-39(42-36)26-18-20-35-33(22-26)38(30-15-9-7-13-28(30)29-14-8-10-16-31(29)38)32-21-24(17-19-34(32)41-35)27-12-6-5-11-25(27)23-40/h5-17,19,21-22H,18,20H2,1-4H3. The number of ether oxygens (including phenoxy) is 1. The Labute approximate surface area is 253 Å². The highest BCUT2D eigenvalue weighted by molar-refractivity contribution is 6.54. The lowest BCUT2D eigenvalue weighted by Crippen LogP contribution is -2.41. The van der Waals surface area contributed by atoms with E-state index in [1.54, 1.807) is 0 Å². The van der Waals surface area contributed by atoms with Crippen molar-refractivity contribution in [3.05, 3.63) is 136 Å². The van der Waals surface area contributed by atoms with Crippen LogP contribution in [0, 0.1) is 11.3 Å². The first-order valence-electron chi connectivity index (χ1n) is 15.1. The van der Waals surface area contributed by atoms with E-state index in [1.165, 1.54) is 22.3 Å². The summed E-state index contributed by atoms with van der Waals surface area (Å²) in [6.07, 6.45) is 3.87. The Hall–Kier alpha value is -4.37. The summed E-state index contributed by atoms with van der Waals surface area (Å²) in [5.74, 6) is 1.85. The highest BCUT2D eigenvalue weighted by Gasteiger charge is 2.55. The van der Waals surface area contributed by atoms with Gasteiger partial charge in [-0.15, -0.1) is 0 Å². The van der Waals surface area contributed by atoms with Gasteiger partial charge in [-0.25, -0.2) is 0 Å². The van der Waals surface area contributed by atoms with E-state index >= 15 is 0 Å². The molecule has 0 N–H and O–H groups in total.